The second-order valence-electron chi connectivity index (χ2n) is 5.22. The van der Waals surface area contributed by atoms with E-state index in [1.165, 1.54) is 6.20 Å². The molecule has 0 bridgehead atoms. The van der Waals surface area contributed by atoms with Gasteiger partial charge < -0.3 is 15.1 Å². The predicted molar refractivity (Wildman–Crippen MR) is 90.6 cm³/mol. The van der Waals surface area contributed by atoms with Crippen molar-refractivity contribution < 1.29 is 14.0 Å². The van der Waals surface area contributed by atoms with Gasteiger partial charge in [0.25, 0.3) is 0 Å². The summed E-state index contributed by atoms with van der Waals surface area (Å²) in [5.41, 5.74) is 1.11. The molecule has 1 atom stereocenters. The van der Waals surface area contributed by atoms with Crippen molar-refractivity contribution in [3.05, 3.63) is 59.6 Å². The van der Waals surface area contributed by atoms with Gasteiger partial charge in [-0.1, -0.05) is 11.6 Å². The summed E-state index contributed by atoms with van der Waals surface area (Å²) in [6, 6.07) is 9.87. The van der Waals surface area contributed by atoms with Crippen molar-refractivity contribution in [1.82, 2.24) is 10.3 Å². The number of anilines is 1. The molecule has 1 unspecified atom stereocenters. The zero-order valence-electron chi connectivity index (χ0n) is 12.7. The number of furan rings is 1. The molecule has 2 heterocycles. The molecule has 3 rings (SSSR count). The molecule has 0 aliphatic carbocycles. The molecule has 6 nitrogen and oxygen atoms in total. The van der Waals surface area contributed by atoms with Crippen LogP contribution in [0.4, 0.5) is 5.69 Å². The molecule has 0 aliphatic rings. The average molecular weight is 344 g/mol. The van der Waals surface area contributed by atoms with Crippen LogP contribution in [0.2, 0.25) is 5.02 Å². The van der Waals surface area contributed by atoms with E-state index in [1.54, 1.807) is 49.5 Å². The minimum absolute atomic E-state index is 0.448. The standard InChI is InChI=1S/C17H14ClN3O3/c1-10(15-8-11-7-12(18)4-5-14(11)24-15)20-16(22)17(23)21-13-3-2-6-19-9-13/h2-10H,1H3,(H,20,22)(H,21,23). The number of hydrogen-bond acceptors (Lipinski definition) is 4. The number of halogens is 1. The number of pyridine rings is 1. The first-order valence-electron chi connectivity index (χ1n) is 7.24. The first-order chi connectivity index (χ1) is 11.5. The van der Waals surface area contributed by atoms with Crippen molar-refractivity contribution in [3.63, 3.8) is 0 Å². The maximum Gasteiger partial charge on any atom is 0.313 e. The predicted octanol–water partition coefficient (Wildman–Crippen LogP) is 3.30. The van der Waals surface area contributed by atoms with Crippen LogP contribution in [-0.2, 0) is 9.59 Å². The molecule has 2 aromatic heterocycles. The highest BCUT2D eigenvalue weighted by molar-refractivity contribution is 6.39. The fourth-order valence-corrected chi connectivity index (χ4v) is 2.39. The number of carbonyl (C=O) groups excluding carboxylic acids is 2. The highest BCUT2D eigenvalue weighted by atomic mass is 35.5. The van der Waals surface area contributed by atoms with Gasteiger partial charge in [0.2, 0.25) is 0 Å². The summed E-state index contributed by atoms with van der Waals surface area (Å²) in [5.74, 6) is -0.992. The third-order valence-electron chi connectivity index (χ3n) is 3.40. The molecule has 2 N–H and O–H groups in total. The maximum atomic E-state index is 12.0. The second kappa shape index (κ2) is 6.72. The van der Waals surface area contributed by atoms with Crippen molar-refractivity contribution in [2.45, 2.75) is 13.0 Å². The fourth-order valence-electron chi connectivity index (χ4n) is 2.21. The van der Waals surface area contributed by atoms with Crippen molar-refractivity contribution >= 4 is 40.1 Å². The van der Waals surface area contributed by atoms with E-state index in [1.807, 2.05) is 0 Å². The van der Waals surface area contributed by atoms with Gasteiger partial charge >= 0.3 is 11.8 Å². The minimum atomic E-state index is -0.769. The lowest BCUT2D eigenvalue weighted by Crippen LogP contribution is -2.36. The summed E-state index contributed by atoms with van der Waals surface area (Å²) in [6.45, 7) is 1.73. The van der Waals surface area contributed by atoms with Crippen LogP contribution in [0.15, 0.2) is 53.2 Å². The zero-order chi connectivity index (χ0) is 17.1. The number of aromatic nitrogens is 1. The SMILES string of the molecule is CC(NC(=O)C(=O)Nc1cccnc1)c1cc2cc(Cl)ccc2o1. The van der Waals surface area contributed by atoms with Crippen LogP contribution in [0.3, 0.4) is 0 Å². The normalized spacial score (nSPS) is 11.9. The van der Waals surface area contributed by atoms with Gasteiger partial charge in [0.05, 0.1) is 17.9 Å². The molecule has 0 spiro atoms. The highest BCUT2D eigenvalue weighted by Gasteiger charge is 2.19. The lowest BCUT2D eigenvalue weighted by molar-refractivity contribution is -0.136. The average Bonchev–Trinajstić information content (AvgIpc) is 2.99. The molecule has 1 aromatic carbocycles. The Hall–Kier alpha value is -2.86. The smallest absolute Gasteiger partial charge is 0.313 e. The largest absolute Gasteiger partial charge is 0.459 e. The molecule has 0 saturated heterocycles. The molecule has 0 fully saturated rings. The zero-order valence-corrected chi connectivity index (χ0v) is 13.5. The van der Waals surface area contributed by atoms with Crippen molar-refractivity contribution in [3.8, 4) is 0 Å². The lowest BCUT2D eigenvalue weighted by atomic mass is 10.2. The summed E-state index contributed by atoms with van der Waals surface area (Å²) in [4.78, 5) is 27.8. The molecule has 0 radical (unpaired) electrons. The third-order valence-corrected chi connectivity index (χ3v) is 3.63. The van der Waals surface area contributed by atoms with E-state index in [2.05, 4.69) is 15.6 Å². The van der Waals surface area contributed by atoms with E-state index in [4.69, 9.17) is 16.0 Å². The van der Waals surface area contributed by atoms with Gasteiger partial charge in [-0.05, 0) is 43.3 Å². The van der Waals surface area contributed by atoms with E-state index in [-0.39, 0.29) is 0 Å². The van der Waals surface area contributed by atoms with E-state index < -0.39 is 17.9 Å². The Labute approximate surface area is 142 Å². The van der Waals surface area contributed by atoms with Gasteiger partial charge in [-0.2, -0.15) is 0 Å². The second-order valence-corrected chi connectivity index (χ2v) is 5.66. The number of nitrogens with one attached hydrogen (secondary N) is 2. The number of carbonyl (C=O) groups is 2. The minimum Gasteiger partial charge on any atom is -0.459 e. The van der Waals surface area contributed by atoms with Gasteiger partial charge in [-0.25, -0.2) is 0 Å². The number of fused-ring (bicyclic) bond motifs is 1. The molecule has 122 valence electrons. The van der Waals surface area contributed by atoms with Crippen molar-refractivity contribution in [1.29, 1.82) is 0 Å². The first-order valence-corrected chi connectivity index (χ1v) is 7.61. The molecule has 0 saturated carbocycles. The van der Waals surface area contributed by atoms with Gasteiger partial charge in [-0.3, -0.25) is 14.6 Å². The Balaban J connectivity index is 1.67. The first kappa shape index (κ1) is 16.0. The van der Waals surface area contributed by atoms with Crippen molar-refractivity contribution in [2.24, 2.45) is 0 Å². The van der Waals surface area contributed by atoms with Crippen LogP contribution >= 0.6 is 11.6 Å². The van der Waals surface area contributed by atoms with Gasteiger partial charge in [-0.15, -0.1) is 0 Å². The highest BCUT2D eigenvalue weighted by Crippen LogP contribution is 2.26. The van der Waals surface area contributed by atoms with Gasteiger partial charge in [0.15, 0.2) is 0 Å². The van der Waals surface area contributed by atoms with E-state index >= 15 is 0 Å². The van der Waals surface area contributed by atoms with Gasteiger partial charge in [0.1, 0.15) is 11.3 Å². The summed E-state index contributed by atoms with van der Waals surface area (Å²) in [7, 11) is 0. The molecule has 24 heavy (non-hydrogen) atoms. The van der Waals surface area contributed by atoms with E-state index in [0.29, 0.717) is 22.1 Å². The molecule has 0 aliphatic heterocycles. The van der Waals surface area contributed by atoms with Crippen molar-refractivity contribution in [2.75, 3.05) is 5.32 Å². The van der Waals surface area contributed by atoms with Crippen LogP contribution in [0.1, 0.15) is 18.7 Å². The van der Waals surface area contributed by atoms with Crippen LogP contribution in [0, 0.1) is 0 Å². The van der Waals surface area contributed by atoms with Crippen LogP contribution in [-0.4, -0.2) is 16.8 Å². The molecule has 2 amide bonds. The van der Waals surface area contributed by atoms with Gasteiger partial charge in [0, 0.05) is 16.6 Å². The number of benzene rings is 1. The molecule has 7 heteroatoms. The number of rotatable bonds is 3. The lowest BCUT2D eigenvalue weighted by Gasteiger charge is -2.11. The summed E-state index contributed by atoms with van der Waals surface area (Å²) >= 11 is 5.94. The molecule has 3 aromatic rings. The molecular weight excluding hydrogens is 330 g/mol. The Morgan fingerprint density at radius 2 is 2.04 bits per heavy atom. The van der Waals surface area contributed by atoms with E-state index in [9.17, 15) is 9.59 Å². The Kier molecular flexibility index (Phi) is 4.48. The quantitative estimate of drug-likeness (QED) is 0.715. The number of hydrogen-bond donors (Lipinski definition) is 2. The molecular formula is C17H14ClN3O3. The van der Waals surface area contributed by atoms with Crippen LogP contribution in [0.5, 0.6) is 0 Å². The maximum absolute atomic E-state index is 12.0. The third kappa shape index (κ3) is 3.55. The summed E-state index contributed by atoms with van der Waals surface area (Å²) in [6.07, 6.45) is 3.03. The Morgan fingerprint density at radius 1 is 1.21 bits per heavy atom. The fraction of sp³-hybridized carbons (Fsp3) is 0.118. The van der Waals surface area contributed by atoms with Crippen LogP contribution < -0.4 is 10.6 Å². The van der Waals surface area contributed by atoms with E-state index in [0.717, 1.165) is 5.39 Å². The van der Waals surface area contributed by atoms with Crippen LogP contribution in [0.25, 0.3) is 11.0 Å². The Bertz CT molecular complexity index is 892. The topological polar surface area (TPSA) is 84.2 Å². The summed E-state index contributed by atoms with van der Waals surface area (Å²) < 4.78 is 5.67. The number of nitrogens with zero attached hydrogens (tertiary/aromatic N) is 1. The summed E-state index contributed by atoms with van der Waals surface area (Å²) in [5, 5.41) is 6.50. The number of amides is 2. The monoisotopic (exact) mass is 343 g/mol. The Morgan fingerprint density at radius 3 is 2.79 bits per heavy atom.